The maximum Gasteiger partial charge on any atom is 0.303 e. The van der Waals surface area contributed by atoms with Crippen LogP contribution >= 0.6 is 0 Å². The Morgan fingerprint density at radius 3 is 2.58 bits per heavy atom. The van der Waals surface area contributed by atoms with Gasteiger partial charge in [0.05, 0.1) is 0 Å². The van der Waals surface area contributed by atoms with Gasteiger partial charge in [0.1, 0.15) is 18.5 Å². The van der Waals surface area contributed by atoms with E-state index in [4.69, 9.17) is 9.47 Å². The van der Waals surface area contributed by atoms with Crippen molar-refractivity contribution in [2.24, 2.45) is 0 Å². The van der Waals surface area contributed by atoms with E-state index in [9.17, 15) is 4.79 Å². The van der Waals surface area contributed by atoms with E-state index < -0.39 is 0 Å². The number of aryl methyl sites for hydroxylation is 2. The van der Waals surface area contributed by atoms with Crippen molar-refractivity contribution in [2.75, 3.05) is 6.61 Å². The first kappa shape index (κ1) is 15.5. The molecular formula is C16H24O3. The third-order valence-electron chi connectivity index (χ3n) is 2.99. The van der Waals surface area contributed by atoms with Crippen molar-refractivity contribution >= 4 is 5.97 Å². The molecule has 0 radical (unpaired) electrons. The summed E-state index contributed by atoms with van der Waals surface area (Å²) in [6.45, 7) is 8.03. The van der Waals surface area contributed by atoms with Crippen LogP contribution in [0.25, 0.3) is 0 Å². The number of benzene rings is 1. The third-order valence-corrected chi connectivity index (χ3v) is 2.99. The third kappa shape index (κ3) is 5.33. The molecule has 0 amide bonds. The van der Waals surface area contributed by atoms with E-state index >= 15 is 0 Å². The molecule has 0 aliphatic carbocycles. The Kier molecular flexibility index (Phi) is 6.40. The van der Waals surface area contributed by atoms with Gasteiger partial charge in [-0.05, 0) is 37.0 Å². The summed E-state index contributed by atoms with van der Waals surface area (Å²) < 4.78 is 10.9. The zero-order chi connectivity index (χ0) is 14.3. The molecule has 1 aromatic rings. The molecule has 1 atom stereocenters. The minimum atomic E-state index is -0.259. The maximum atomic E-state index is 10.9. The van der Waals surface area contributed by atoms with Crippen LogP contribution in [0, 0.1) is 6.92 Å². The number of hydrogen-bond donors (Lipinski definition) is 0. The zero-order valence-electron chi connectivity index (χ0n) is 12.4. The molecule has 0 heterocycles. The van der Waals surface area contributed by atoms with Gasteiger partial charge in [-0.1, -0.05) is 32.4 Å². The number of carbonyl (C=O) groups is 1. The lowest BCUT2D eigenvalue weighted by Gasteiger charge is -2.17. The van der Waals surface area contributed by atoms with Gasteiger partial charge >= 0.3 is 5.97 Å². The Bertz CT molecular complexity index is 412. The van der Waals surface area contributed by atoms with E-state index in [2.05, 4.69) is 19.1 Å². The second-order valence-electron chi connectivity index (χ2n) is 4.80. The quantitative estimate of drug-likeness (QED) is 0.705. The molecule has 0 aliphatic rings. The van der Waals surface area contributed by atoms with Crippen LogP contribution in [0.2, 0.25) is 0 Å². The molecule has 0 bridgehead atoms. The topological polar surface area (TPSA) is 35.5 Å². The molecule has 0 aliphatic heterocycles. The Morgan fingerprint density at radius 2 is 2.05 bits per heavy atom. The molecule has 0 aromatic heterocycles. The fourth-order valence-corrected chi connectivity index (χ4v) is 1.97. The second kappa shape index (κ2) is 7.82. The van der Waals surface area contributed by atoms with E-state index in [1.807, 2.05) is 19.9 Å². The Morgan fingerprint density at radius 1 is 1.32 bits per heavy atom. The molecule has 1 unspecified atom stereocenters. The van der Waals surface area contributed by atoms with Gasteiger partial charge in [0, 0.05) is 6.92 Å². The summed E-state index contributed by atoms with van der Waals surface area (Å²) >= 11 is 0. The Labute approximate surface area is 115 Å². The van der Waals surface area contributed by atoms with Gasteiger partial charge in [0.15, 0.2) is 0 Å². The van der Waals surface area contributed by atoms with Crippen molar-refractivity contribution in [1.82, 2.24) is 0 Å². The Hall–Kier alpha value is -1.51. The molecule has 0 spiro atoms. The average molecular weight is 264 g/mol. The lowest BCUT2D eigenvalue weighted by atomic mass is 10.1. The molecular weight excluding hydrogens is 240 g/mol. The molecule has 3 heteroatoms. The van der Waals surface area contributed by atoms with Crippen LogP contribution in [0.3, 0.4) is 0 Å². The van der Waals surface area contributed by atoms with Gasteiger partial charge < -0.3 is 9.47 Å². The Balaban J connectivity index is 2.59. The highest BCUT2D eigenvalue weighted by Crippen LogP contribution is 2.20. The SMILES string of the molecule is CCCc1ccc(OCC(CC)OC(C)=O)c(C)c1. The smallest absolute Gasteiger partial charge is 0.303 e. The van der Waals surface area contributed by atoms with Crippen LogP contribution in [-0.4, -0.2) is 18.7 Å². The average Bonchev–Trinajstić information content (AvgIpc) is 2.36. The number of hydrogen-bond acceptors (Lipinski definition) is 3. The molecule has 19 heavy (non-hydrogen) atoms. The molecule has 0 N–H and O–H groups in total. The minimum absolute atomic E-state index is 0.174. The van der Waals surface area contributed by atoms with Crippen molar-refractivity contribution in [3.8, 4) is 5.75 Å². The van der Waals surface area contributed by atoms with Gasteiger partial charge in [-0.25, -0.2) is 0 Å². The summed E-state index contributed by atoms with van der Waals surface area (Å²) in [4.78, 5) is 10.9. The molecule has 0 saturated heterocycles. The number of rotatable bonds is 7. The van der Waals surface area contributed by atoms with Crippen LogP contribution < -0.4 is 4.74 Å². The fourth-order valence-electron chi connectivity index (χ4n) is 1.97. The van der Waals surface area contributed by atoms with Crippen molar-refractivity contribution in [1.29, 1.82) is 0 Å². The monoisotopic (exact) mass is 264 g/mol. The number of carbonyl (C=O) groups excluding carboxylic acids is 1. The molecule has 0 saturated carbocycles. The fraction of sp³-hybridized carbons (Fsp3) is 0.562. The first-order valence-corrected chi connectivity index (χ1v) is 6.96. The van der Waals surface area contributed by atoms with Crippen LogP contribution in [0.1, 0.15) is 44.7 Å². The lowest BCUT2D eigenvalue weighted by molar-refractivity contribution is -0.147. The van der Waals surface area contributed by atoms with Gasteiger partial charge in [0.25, 0.3) is 0 Å². The van der Waals surface area contributed by atoms with Crippen LogP contribution in [0.4, 0.5) is 0 Å². The number of ether oxygens (including phenoxy) is 2. The maximum absolute atomic E-state index is 10.9. The standard InChI is InChI=1S/C16H24O3/c1-5-7-14-8-9-16(12(3)10-14)18-11-15(6-2)19-13(4)17/h8-10,15H,5-7,11H2,1-4H3. The summed E-state index contributed by atoms with van der Waals surface area (Å²) in [6, 6.07) is 6.26. The van der Waals surface area contributed by atoms with Gasteiger partial charge in [-0.15, -0.1) is 0 Å². The predicted molar refractivity (Wildman–Crippen MR) is 76.5 cm³/mol. The van der Waals surface area contributed by atoms with E-state index in [1.165, 1.54) is 12.5 Å². The summed E-state index contributed by atoms with van der Waals surface area (Å²) in [7, 11) is 0. The normalized spacial score (nSPS) is 12.0. The molecule has 1 rings (SSSR count). The van der Waals surface area contributed by atoms with Crippen molar-refractivity contribution < 1.29 is 14.3 Å². The summed E-state index contributed by atoms with van der Waals surface area (Å²) in [5.74, 6) is 0.607. The van der Waals surface area contributed by atoms with E-state index in [-0.39, 0.29) is 12.1 Å². The van der Waals surface area contributed by atoms with Crippen LogP contribution in [-0.2, 0) is 16.0 Å². The number of esters is 1. The minimum Gasteiger partial charge on any atom is -0.489 e. The summed E-state index contributed by atoms with van der Waals surface area (Å²) in [6.07, 6.45) is 2.81. The lowest BCUT2D eigenvalue weighted by Crippen LogP contribution is -2.23. The molecule has 1 aromatic carbocycles. The first-order valence-electron chi connectivity index (χ1n) is 6.96. The summed E-state index contributed by atoms with van der Waals surface area (Å²) in [5.41, 5.74) is 2.46. The molecule has 3 nitrogen and oxygen atoms in total. The first-order chi connectivity index (χ1) is 9.06. The van der Waals surface area contributed by atoms with Crippen molar-refractivity contribution in [3.05, 3.63) is 29.3 Å². The highest BCUT2D eigenvalue weighted by Gasteiger charge is 2.11. The summed E-state index contributed by atoms with van der Waals surface area (Å²) in [5, 5.41) is 0. The zero-order valence-corrected chi connectivity index (χ0v) is 12.4. The van der Waals surface area contributed by atoms with Gasteiger partial charge in [0.2, 0.25) is 0 Å². The van der Waals surface area contributed by atoms with Gasteiger partial charge in [-0.2, -0.15) is 0 Å². The largest absolute Gasteiger partial charge is 0.489 e. The van der Waals surface area contributed by atoms with E-state index in [0.29, 0.717) is 6.61 Å². The van der Waals surface area contributed by atoms with Crippen molar-refractivity contribution in [2.45, 2.75) is 53.1 Å². The molecule has 0 fully saturated rings. The van der Waals surface area contributed by atoms with Crippen LogP contribution in [0.5, 0.6) is 5.75 Å². The predicted octanol–water partition coefficient (Wildman–Crippen LogP) is 3.67. The van der Waals surface area contributed by atoms with E-state index in [0.717, 1.165) is 30.6 Å². The van der Waals surface area contributed by atoms with Crippen LogP contribution in [0.15, 0.2) is 18.2 Å². The highest BCUT2D eigenvalue weighted by atomic mass is 16.6. The van der Waals surface area contributed by atoms with Gasteiger partial charge in [-0.3, -0.25) is 4.79 Å². The second-order valence-corrected chi connectivity index (χ2v) is 4.80. The highest BCUT2D eigenvalue weighted by molar-refractivity contribution is 5.66. The molecule has 106 valence electrons. The van der Waals surface area contributed by atoms with E-state index in [1.54, 1.807) is 0 Å². The van der Waals surface area contributed by atoms with Crippen molar-refractivity contribution in [3.63, 3.8) is 0 Å².